The number of carbonyl (C=O) groups is 3. The molecule has 0 spiro atoms. The Morgan fingerprint density at radius 3 is 2.15 bits per heavy atom. The standard InChI is InChI=1S/C7H10O4S2/c1-5(8)12-3-4-13-7(10)6(9)11-2/h3-4H2,1-2H3. The molecule has 0 unspecified atom stereocenters. The van der Waals surface area contributed by atoms with Gasteiger partial charge in [-0.05, 0) is 0 Å². The summed E-state index contributed by atoms with van der Waals surface area (Å²) in [7, 11) is 1.16. The molecule has 4 nitrogen and oxygen atoms in total. The second-order valence-electron chi connectivity index (χ2n) is 1.97. The van der Waals surface area contributed by atoms with Crippen LogP contribution in [0.15, 0.2) is 0 Å². The Hall–Kier alpha value is -0.490. The molecule has 0 radical (unpaired) electrons. The molecule has 0 N–H and O–H groups in total. The summed E-state index contributed by atoms with van der Waals surface area (Å²) in [5, 5.41) is -0.613. The van der Waals surface area contributed by atoms with Crippen LogP contribution in [0.1, 0.15) is 6.92 Å². The highest BCUT2D eigenvalue weighted by atomic mass is 32.2. The highest BCUT2D eigenvalue weighted by Crippen LogP contribution is 2.08. The van der Waals surface area contributed by atoms with Gasteiger partial charge in [-0.2, -0.15) is 0 Å². The summed E-state index contributed by atoms with van der Waals surface area (Å²) in [6.07, 6.45) is 0. The first-order valence-corrected chi connectivity index (χ1v) is 5.43. The van der Waals surface area contributed by atoms with E-state index in [1.807, 2.05) is 0 Å². The summed E-state index contributed by atoms with van der Waals surface area (Å²) in [4.78, 5) is 31.8. The van der Waals surface area contributed by atoms with Crippen molar-refractivity contribution in [2.24, 2.45) is 0 Å². The maximum absolute atomic E-state index is 10.8. The van der Waals surface area contributed by atoms with Crippen molar-refractivity contribution >= 4 is 39.7 Å². The Morgan fingerprint density at radius 2 is 1.69 bits per heavy atom. The predicted molar refractivity (Wildman–Crippen MR) is 52.6 cm³/mol. The van der Waals surface area contributed by atoms with E-state index in [-0.39, 0.29) is 5.12 Å². The van der Waals surface area contributed by atoms with Gasteiger partial charge in [0.2, 0.25) is 0 Å². The lowest BCUT2D eigenvalue weighted by molar-refractivity contribution is -0.147. The number of thioether (sulfide) groups is 2. The number of methoxy groups -OCH3 is 1. The lowest BCUT2D eigenvalue weighted by Crippen LogP contribution is -2.12. The van der Waals surface area contributed by atoms with Crippen molar-refractivity contribution in [1.29, 1.82) is 0 Å². The maximum Gasteiger partial charge on any atom is 0.385 e. The van der Waals surface area contributed by atoms with Crippen molar-refractivity contribution in [3.8, 4) is 0 Å². The first kappa shape index (κ1) is 12.5. The molecule has 13 heavy (non-hydrogen) atoms. The molecule has 0 rings (SSSR count). The minimum Gasteiger partial charge on any atom is -0.463 e. The van der Waals surface area contributed by atoms with Gasteiger partial charge in [-0.1, -0.05) is 23.5 Å². The van der Waals surface area contributed by atoms with Gasteiger partial charge in [0.05, 0.1) is 7.11 Å². The van der Waals surface area contributed by atoms with E-state index in [1.165, 1.54) is 6.92 Å². The minimum absolute atomic E-state index is 0.00566. The van der Waals surface area contributed by atoms with Gasteiger partial charge in [0.1, 0.15) is 0 Å². The second-order valence-corrected chi connectivity index (χ2v) is 4.31. The van der Waals surface area contributed by atoms with Gasteiger partial charge in [0, 0.05) is 18.4 Å². The molecule has 0 heterocycles. The normalized spacial score (nSPS) is 9.38. The Kier molecular flexibility index (Phi) is 6.70. The molecule has 0 amide bonds. The van der Waals surface area contributed by atoms with Crippen LogP contribution in [0.5, 0.6) is 0 Å². The molecule has 0 bridgehead atoms. The first-order chi connectivity index (χ1) is 6.07. The summed E-state index contributed by atoms with van der Waals surface area (Å²) in [6.45, 7) is 1.46. The lowest BCUT2D eigenvalue weighted by Gasteiger charge is -1.97. The fraction of sp³-hybridized carbons (Fsp3) is 0.571. The van der Waals surface area contributed by atoms with Crippen LogP contribution >= 0.6 is 23.5 Å². The number of esters is 1. The third-order valence-corrected chi connectivity index (χ3v) is 2.88. The van der Waals surface area contributed by atoms with E-state index < -0.39 is 11.1 Å². The van der Waals surface area contributed by atoms with E-state index in [1.54, 1.807) is 0 Å². The van der Waals surface area contributed by atoms with E-state index in [4.69, 9.17) is 0 Å². The average Bonchev–Trinajstić information content (AvgIpc) is 2.10. The molecular weight excluding hydrogens is 212 g/mol. The van der Waals surface area contributed by atoms with Crippen molar-refractivity contribution in [2.75, 3.05) is 18.6 Å². The number of carbonyl (C=O) groups excluding carboxylic acids is 3. The summed E-state index contributed by atoms with van der Waals surface area (Å²) >= 11 is 1.99. The average molecular weight is 222 g/mol. The Bertz CT molecular complexity index is 215. The zero-order valence-corrected chi connectivity index (χ0v) is 9.00. The van der Waals surface area contributed by atoms with Crippen LogP contribution in [-0.2, 0) is 19.1 Å². The van der Waals surface area contributed by atoms with Gasteiger partial charge in [0.15, 0.2) is 5.12 Å². The fourth-order valence-corrected chi connectivity index (χ4v) is 1.80. The van der Waals surface area contributed by atoms with E-state index in [9.17, 15) is 14.4 Å². The van der Waals surface area contributed by atoms with E-state index in [0.717, 1.165) is 30.6 Å². The molecule has 0 atom stereocenters. The zero-order chi connectivity index (χ0) is 10.3. The van der Waals surface area contributed by atoms with Crippen molar-refractivity contribution in [3.63, 3.8) is 0 Å². The van der Waals surface area contributed by atoms with Crippen LogP contribution in [0, 0.1) is 0 Å². The van der Waals surface area contributed by atoms with Gasteiger partial charge < -0.3 is 4.74 Å². The summed E-state index contributed by atoms with van der Waals surface area (Å²) < 4.78 is 4.21. The molecule has 0 aliphatic rings. The quantitative estimate of drug-likeness (QED) is 0.398. The third kappa shape index (κ3) is 6.65. The Balaban J connectivity index is 3.48. The fourth-order valence-electron chi connectivity index (χ4n) is 0.462. The monoisotopic (exact) mass is 222 g/mol. The molecular formula is C7H10O4S2. The van der Waals surface area contributed by atoms with E-state index in [2.05, 4.69) is 4.74 Å². The van der Waals surface area contributed by atoms with Gasteiger partial charge >= 0.3 is 5.97 Å². The third-order valence-electron chi connectivity index (χ3n) is 0.974. The van der Waals surface area contributed by atoms with Crippen LogP contribution in [0.25, 0.3) is 0 Å². The molecule has 0 aliphatic carbocycles. The van der Waals surface area contributed by atoms with Gasteiger partial charge in [-0.25, -0.2) is 4.79 Å². The topological polar surface area (TPSA) is 60.4 Å². The maximum atomic E-state index is 10.8. The number of hydrogen-bond acceptors (Lipinski definition) is 6. The van der Waals surface area contributed by atoms with Crippen molar-refractivity contribution in [1.82, 2.24) is 0 Å². The van der Waals surface area contributed by atoms with Gasteiger partial charge in [-0.3, -0.25) is 9.59 Å². The lowest BCUT2D eigenvalue weighted by atomic mass is 10.8. The molecule has 0 fully saturated rings. The molecule has 0 aromatic rings. The van der Waals surface area contributed by atoms with Crippen molar-refractivity contribution in [3.05, 3.63) is 0 Å². The Morgan fingerprint density at radius 1 is 1.15 bits per heavy atom. The van der Waals surface area contributed by atoms with Gasteiger partial charge in [0.25, 0.3) is 5.12 Å². The van der Waals surface area contributed by atoms with Crippen LogP contribution < -0.4 is 0 Å². The highest BCUT2D eigenvalue weighted by Gasteiger charge is 2.13. The molecule has 0 saturated heterocycles. The Labute approximate surface area is 84.8 Å². The molecule has 0 saturated carbocycles. The van der Waals surface area contributed by atoms with Crippen LogP contribution in [-0.4, -0.2) is 34.8 Å². The molecule has 0 aliphatic heterocycles. The highest BCUT2D eigenvalue weighted by molar-refractivity contribution is 8.17. The number of rotatable bonds is 3. The van der Waals surface area contributed by atoms with Crippen LogP contribution in [0.4, 0.5) is 0 Å². The van der Waals surface area contributed by atoms with Crippen LogP contribution in [0.2, 0.25) is 0 Å². The van der Waals surface area contributed by atoms with E-state index in [0.29, 0.717) is 11.5 Å². The SMILES string of the molecule is COC(=O)C(=O)SCCSC(C)=O. The molecule has 0 aromatic heterocycles. The molecule has 6 heteroatoms. The summed E-state index contributed by atoms with van der Waals surface area (Å²) in [5.74, 6) is 0.124. The second kappa shape index (κ2) is 6.97. The zero-order valence-electron chi connectivity index (χ0n) is 7.36. The first-order valence-electron chi connectivity index (χ1n) is 3.46. The molecule has 0 aromatic carbocycles. The van der Waals surface area contributed by atoms with Crippen molar-refractivity contribution in [2.45, 2.75) is 6.92 Å². The van der Waals surface area contributed by atoms with Crippen molar-refractivity contribution < 1.29 is 19.1 Å². The largest absolute Gasteiger partial charge is 0.463 e. The number of ether oxygens (including phenoxy) is 1. The summed E-state index contributed by atoms with van der Waals surface area (Å²) in [6, 6.07) is 0. The van der Waals surface area contributed by atoms with Gasteiger partial charge in [-0.15, -0.1) is 0 Å². The predicted octanol–water partition coefficient (Wildman–Crippen LogP) is 0.699. The number of hydrogen-bond donors (Lipinski definition) is 0. The molecule has 74 valence electrons. The smallest absolute Gasteiger partial charge is 0.385 e. The van der Waals surface area contributed by atoms with Crippen LogP contribution in [0.3, 0.4) is 0 Å². The minimum atomic E-state index is -0.849. The van der Waals surface area contributed by atoms with E-state index >= 15 is 0 Å². The summed E-state index contributed by atoms with van der Waals surface area (Å²) in [5.41, 5.74) is 0.